The zero-order valence-corrected chi connectivity index (χ0v) is 9.86. The molecular formula is C12H16N2O2. The average molecular weight is 220 g/mol. The van der Waals surface area contributed by atoms with E-state index in [2.05, 4.69) is 6.58 Å². The third-order valence-corrected chi connectivity index (χ3v) is 2.21. The molecule has 16 heavy (non-hydrogen) atoms. The maximum absolute atomic E-state index is 11.9. The van der Waals surface area contributed by atoms with E-state index < -0.39 is 0 Å². The van der Waals surface area contributed by atoms with Crippen molar-refractivity contribution in [2.45, 2.75) is 6.92 Å². The van der Waals surface area contributed by atoms with Crippen LogP contribution in [-0.4, -0.2) is 29.0 Å². The summed E-state index contributed by atoms with van der Waals surface area (Å²) in [6.07, 6.45) is 1.59. The number of aromatic nitrogens is 1. The van der Waals surface area contributed by atoms with Crippen molar-refractivity contribution in [3.8, 4) is 0 Å². The van der Waals surface area contributed by atoms with Gasteiger partial charge in [0.15, 0.2) is 0 Å². The predicted octanol–water partition coefficient (Wildman–Crippen LogP) is 1.03. The number of amides is 1. The Balaban J connectivity index is 2.92. The van der Waals surface area contributed by atoms with Crippen LogP contribution in [0.15, 0.2) is 35.3 Å². The van der Waals surface area contributed by atoms with Gasteiger partial charge in [-0.25, -0.2) is 0 Å². The summed E-state index contributed by atoms with van der Waals surface area (Å²) in [5.74, 6) is -0.166. The Morgan fingerprint density at radius 2 is 2.19 bits per heavy atom. The Morgan fingerprint density at radius 3 is 2.69 bits per heavy atom. The molecule has 0 unspecified atom stereocenters. The Morgan fingerprint density at radius 1 is 1.56 bits per heavy atom. The normalized spacial score (nSPS) is 9.94. The van der Waals surface area contributed by atoms with Crippen molar-refractivity contribution in [3.63, 3.8) is 0 Å². The first-order chi connectivity index (χ1) is 7.41. The second kappa shape index (κ2) is 4.79. The Hall–Kier alpha value is -1.84. The summed E-state index contributed by atoms with van der Waals surface area (Å²) in [7, 11) is 3.34. The molecule has 1 aromatic heterocycles. The van der Waals surface area contributed by atoms with Gasteiger partial charge >= 0.3 is 0 Å². The molecule has 0 aromatic carbocycles. The van der Waals surface area contributed by atoms with Crippen LogP contribution in [0.25, 0.3) is 0 Å². The minimum Gasteiger partial charge on any atom is -0.338 e. The van der Waals surface area contributed by atoms with Crippen molar-refractivity contribution in [2.75, 3.05) is 13.6 Å². The zero-order chi connectivity index (χ0) is 12.3. The summed E-state index contributed by atoms with van der Waals surface area (Å²) < 4.78 is 1.43. The molecule has 4 nitrogen and oxygen atoms in total. The minimum atomic E-state index is -0.186. The predicted molar refractivity (Wildman–Crippen MR) is 63.5 cm³/mol. The number of carbonyl (C=O) groups is 1. The van der Waals surface area contributed by atoms with Crippen LogP contribution in [0.4, 0.5) is 0 Å². The molecule has 86 valence electrons. The molecule has 1 aromatic rings. The van der Waals surface area contributed by atoms with Crippen molar-refractivity contribution in [2.24, 2.45) is 7.05 Å². The number of pyridine rings is 1. The second-order valence-electron chi connectivity index (χ2n) is 3.98. The highest BCUT2D eigenvalue weighted by Crippen LogP contribution is 2.02. The van der Waals surface area contributed by atoms with Crippen molar-refractivity contribution in [1.82, 2.24) is 9.47 Å². The van der Waals surface area contributed by atoms with Crippen molar-refractivity contribution in [3.05, 3.63) is 46.4 Å². The third-order valence-electron chi connectivity index (χ3n) is 2.21. The van der Waals surface area contributed by atoms with Crippen LogP contribution in [0.5, 0.6) is 0 Å². The Labute approximate surface area is 94.8 Å². The summed E-state index contributed by atoms with van der Waals surface area (Å²) in [6.45, 7) is 6.09. The van der Waals surface area contributed by atoms with Gasteiger partial charge in [0.2, 0.25) is 0 Å². The van der Waals surface area contributed by atoms with E-state index in [1.54, 1.807) is 26.4 Å². The molecule has 0 fully saturated rings. The fraction of sp³-hybridized carbons (Fsp3) is 0.333. The molecule has 0 N–H and O–H groups in total. The number of rotatable bonds is 3. The van der Waals surface area contributed by atoms with Gasteiger partial charge < -0.3 is 9.47 Å². The summed E-state index contributed by atoms with van der Waals surface area (Å²) in [6, 6.07) is 2.98. The van der Waals surface area contributed by atoms with Gasteiger partial charge in [-0.3, -0.25) is 9.59 Å². The standard InChI is InChI=1S/C12H16N2O2/c1-9(2)8-14(4)12(16)10-5-6-13(3)11(15)7-10/h5-7H,1,8H2,2-4H3. The molecule has 1 amide bonds. The maximum atomic E-state index is 11.9. The average Bonchev–Trinajstić information content (AvgIpc) is 2.20. The van der Waals surface area contributed by atoms with Gasteiger partial charge in [0.05, 0.1) is 0 Å². The van der Waals surface area contributed by atoms with E-state index in [1.165, 1.54) is 15.5 Å². The first kappa shape index (κ1) is 12.2. The van der Waals surface area contributed by atoms with E-state index in [9.17, 15) is 9.59 Å². The van der Waals surface area contributed by atoms with E-state index in [4.69, 9.17) is 0 Å². The van der Waals surface area contributed by atoms with Crippen molar-refractivity contribution in [1.29, 1.82) is 0 Å². The first-order valence-corrected chi connectivity index (χ1v) is 4.98. The van der Waals surface area contributed by atoms with Gasteiger partial charge in [0, 0.05) is 38.5 Å². The lowest BCUT2D eigenvalue weighted by Crippen LogP contribution is -2.29. The number of nitrogens with zero attached hydrogens (tertiary/aromatic N) is 2. The van der Waals surface area contributed by atoms with Gasteiger partial charge in [0.1, 0.15) is 0 Å². The lowest BCUT2D eigenvalue weighted by atomic mass is 10.2. The number of aryl methyl sites for hydroxylation is 1. The highest BCUT2D eigenvalue weighted by Gasteiger charge is 2.11. The molecule has 0 aliphatic rings. The smallest absolute Gasteiger partial charge is 0.254 e. The van der Waals surface area contributed by atoms with Crippen LogP contribution in [0.2, 0.25) is 0 Å². The quantitative estimate of drug-likeness (QED) is 0.714. The lowest BCUT2D eigenvalue weighted by Gasteiger charge is -2.17. The monoisotopic (exact) mass is 220 g/mol. The van der Waals surface area contributed by atoms with Crippen LogP contribution in [0.1, 0.15) is 17.3 Å². The third kappa shape index (κ3) is 2.82. The molecule has 0 spiro atoms. The topological polar surface area (TPSA) is 42.3 Å². The molecule has 0 saturated heterocycles. The molecule has 0 atom stereocenters. The van der Waals surface area contributed by atoms with E-state index in [0.717, 1.165) is 5.57 Å². The minimum absolute atomic E-state index is 0.166. The van der Waals surface area contributed by atoms with Crippen LogP contribution in [0, 0.1) is 0 Å². The van der Waals surface area contributed by atoms with Crippen LogP contribution in [-0.2, 0) is 7.05 Å². The highest BCUT2D eigenvalue weighted by atomic mass is 16.2. The van der Waals surface area contributed by atoms with E-state index >= 15 is 0 Å². The van der Waals surface area contributed by atoms with Crippen molar-refractivity contribution >= 4 is 5.91 Å². The SMILES string of the molecule is C=C(C)CN(C)C(=O)c1ccn(C)c(=O)c1. The van der Waals surface area contributed by atoms with Gasteiger partial charge in [0.25, 0.3) is 11.5 Å². The highest BCUT2D eigenvalue weighted by molar-refractivity contribution is 5.94. The van der Waals surface area contributed by atoms with E-state index in [1.807, 2.05) is 6.92 Å². The molecular weight excluding hydrogens is 204 g/mol. The molecule has 0 saturated carbocycles. The maximum Gasteiger partial charge on any atom is 0.254 e. The fourth-order valence-corrected chi connectivity index (χ4v) is 1.38. The van der Waals surface area contributed by atoms with Gasteiger partial charge in [-0.2, -0.15) is 0 Å². The van der Waals surface area contributed by atoms with E-state index in [0.29, 0.717) is 12.1 Å². The molecule has 1 heterocycles. The van der Waals surface area contributed by atoms with Gasteiger partial charge in [-0.15, -0.1) is 0 Å². The Kier molecular flexibility index (Phi) is 3.66. The Bertz CT molecular complexity index is 474. The summed E-state index contributed by atoms with van der Waals surface area (Å²) >= 11 is 0. The number of hydrogen-bond acceptors (Lipinski definition) is 2. The molecule has 0 aliphatic heterocycles. The largest absolute Gasteiger partial charge is 0.338 e. The van der Waals surface area contributed by atoms with Crippen LogP contribution in [0.3, 0.4) is 0 Å². The second-order valence-corrected chi connectivity index (χ2v) is 3.98. The van der Waals surface area contributed by atoms with E-state index in [-0.39, 0.29) is 11.5 Å². The molecule has 0 radical (unpaired) electrons. The van der Waals surface area contributed by atoms with Crippen molar-refractivity contribution < 1.29 is 4.79 Å². The first-order valence-electron chi connectivity index (χ1n) is 4.98. The number of carbonyl (C=O) groups excluding carboxylic acids is 1. The molecule has 0 bridgehead atoms. The lowest BCUT2D eigenvalue weighted by molar-refractivity contribution is 0.0806. The number of hydrogen-bond donors (Lipinski definition) is 0. The molecule has 0 aliphatic carbocycles. The molecule has 4 heteroatoms. The summed E-state index contributed by atoms with van der Waals surface area (Å²) in [5, 5.41) is 0. The van der Waals surface area contributed by atoms with Crippen LogP contribution < -0.4 is 5.56 Å². The van der Waals surface area contributed by atoms with Gasteiger partial charge in [-0.1, -0.05) is 12.2 Å². The summed E-state index contributed by atoms with van der Waals surface area (Å²) in [4.78, 5) is 24.8. The summed E-state index contributed by atoms with van der Waals surface area (Å²) in [5.41, 5.74) is 1.13. The van der Waals surface area contributed by atoms with Gasteiger partial charge in [-0.05, 0) is 13.0 Å². The fourth-order valence-electron chi connectivity index (χ4n) is 1.38. The zero-order valence-electron chi connectivity index (χ0n) is 9.86. The molecule has 1 rings (SSSR count). The van der Waals surface area contributed by atoms with Crippen LogP contribution >= 0.6 is 0 Å². The number of likely N-dealkylation sites (N-methyl/N-ethyl adjacent to an activating group) is 1.